The first-order valence-electron chi connectivity index (χ1n) is 5.73. The van der Waals surface area contributed by atoms with Crippen molar-refractivity contribution in [3.8, 4) is 11.4 Å². The fourth-order valence-electron chi connectivity index (χ4n) is 1.78. The monoisotopic (exact) mass is 292 g/mol. The number of nitrogens with zero attached hydrogens (tertiary/aromatic N) is 3. The minimum Gasteiger partial charge on any atom is -0.494 e. The molecule has 0 spiro atoms. The van der Waals surface area contributed by atoms with E-state index >= 15 is 0 Å². The van der Waals surface area contributed by atoms with Crippen LogP contribution in [0, 0.1) is 10.1 Å². The number of nitro groups is 1. The third kappa shape index (κ3) is 2.48. The quantitative estimate of drug-likeness (QED) is 0.509. The molecule has 1 aromatic heterocycles. The Morgan fingerprint density at radius 3 is 2.71 bits per heavy atom. The number of carbonyl (C=O) groups excluding carboxylic acids is 1. The molecule has 0 radical (unpaired) electrons. The number of nitrogens with two attached hydrogens (primary N) is 1. The minimum atomic E-state index is -0.674. The van der Waals surface area contributed by atoms with Gasteiger partial charge in [0.1, 0.15) is 17.9 Å². The summed E-state index contributed by atoms with van der Waals surface area (Å²) in [6.45, 7) is 0. The second-order valence-corrected chi connectivity index (χ2v) is 3.95. The van der Waals surface area contributed by atoms with Gasteiger partial charge in [-0.15, -0.1) is 0 Å². The number of hydrogen-bond acceptors (Lipinski definition) is 7. The predicted molar refractivity (Wildman–Crippen MR) is 72.5 cm³/mol. The van der Waals surface area contributed by atoms with Crippen LogP contribution in [0.1, 0.15) is 10.5 Å². The summed E-state index contributed by atoms with van der Waals surface area (Å²) in [6, 6.07) is 4.01. The molecule has 2 N–H and O–H groups in total. The SMILES string of the molecule is COC(=O)c1ncn(-c2ccc([N+](=O)[O-])cc2OC)c1N. The molecule has 0 amide bonds. The van der Waals surface area contributed by atoms with Gasteiger partial charge in [-0.1, -0.05) is 0 Å². The second kappa shape index (κ2) is 5.49. The van der Waals surface area contributed by atoms with E-state index in [0.29, 0.717) is 5.69 Å². The van der Waals surface area contributed by atoms with Crippen molar-refractivity contribution >= 4 is 17.5 Å². The van der Waals surface area contributed by atoms with Crippen molar-refractivity contribution in [3.05, 3.63) is 40.3 Å². The molecule has 9 nitrogen and oxygen atoms in total. The van der Waals surface area contributed by atoms with Crippen LogP contribution in [0.15, 0.2) is 24.5 Å². The molecule has 0 fully saturated rings. The highest BCUT2D eigenvalue weighted by atomic mass is 16.6. The molecular weight excluding hydrogens is 280 g/mol. The molecule has 1 aromatic carbocycles. The number of anilines is 1. The van der Waals surface area contributed by atoms with E-state index in [-0.39, 0.29) is 22.9 Å². The molecule has 2 rings (SSSR count). The van der Waals surface area contributed by atoms with E-state index in [2.05, 4.69) is 9.72 Å². The van der Waals surface area contributed by atoms with Crippen LogP contribution in [0.4, 0.5) is 11.5 Å². The van der Waals surface area contributed by atoms with E-state index in [9.17, 15) is 14.9 Å². The van der Waals surface area contributed by atoms with Gasteiger partial charge in [0.05, 0.1) is 30.9 Å². The second-order valence-electron chi connectivity index (χ2n) is 3.95. The lowest BCUT2D eigenvalue weighted by molar-refractivity contribution is -0.384. The molecule has 0 aliphatic heterocycles. The van der Waals surface area contributed by atoms with E-state index < -0.39 is 10.9 Å². The van der Waals surface area contributed by atoms with Crippen molar-refractivity contribution in [2.75, 3.05) is 20.0 Å². The first kappa shape index (κ1) is 14.3. The zero-order chi connectivity index (χ0) is 15.6. The van der Waals surface area contributed by atoms with Crippen molar-refractivity contribution in [2.24, 2.45) is 0 Å². The largest absolute Gasteiger partial charge is 0.494 e. The topological polar surface area (TPSA) is 123 Å². The molecular formula is C12H12N4O5. The van der Waals surface area contributed by atoms with Gasteiger partial charge < -0.3 is 15.2 Å². The Balaban J connectivity index is 2.54. The summed E-state index contributed by atoms with van der Waals surface area (Å²) in [5, 5.41) is 10.8. The Bertz CT molecular complexity index is 710. The number of esters is 1. The number of hydrogen-bond donors (Lipinski definition) is 1. The summed E-state index contributed by atoms with van der Waals surface area (Å²) in [5.74, 6) is -0.397. The van der Waals surface area contributed by atoms with Crippen LogP contribution in [0.2, 0.25) is 0 Å². The molecule has 0 unspecified atom stereocenters. The maximum absolute atomic E-state index is 11.5. The summed E-state index contributed by atoms with van der Waals surface area (Å²) in [4.78, 5) is 25.6. The third-order valence-corrected chi connectivity index (χ3v) is 2.82. The molecule has 0 aliphatic carbocycles. The maximum atomic E-state index is 11.5. The number of non-ortho nitro benzene ring substituents is 1. The molecule has 9 heteroatoms. The van der Waals surface area contributed by atoms with Gasteiger partial charge in [-0.25, -0.2) is 9.78 Å². The number of rotatable bonds is 4. The predicted octanol–water partition coefficient (Wildman–Crippen LogP) is 1.16. The molecule has 0 saturated heterocycles. The van der Waals surface area contributed by atoms with Gasteiger partial charge in [0.15, 0.2) is 5.69 Å². The first-order valence-corrected chi connectivity index (χ1v) is 5.73. The lowest BCUT2D eigenvalue weighted by Crippen LogP contribution is -2.08. The Kier molecular flexibility index (Phi) is 3.74. The van der Waals surface area contributed by atoms with Gasteiger partial charge in [0.2, 0.25) is 0 Å². The molecule has 2 aromatic rings. The van der Waals surface area contributed by atoms with Crippen molar-refractivity contribution in [1.82, 2.24) is 9.55 Å². The summed E-state index contributed by atoms with van der Waals surface area (Å²) < 4.78 is 11.1. The van der Waals surface area contributed by atoms with Crippen LogP contribution in [-0.2, 0) is 4.74 Å². The number of nitro benzene ring substituents is 1. The molecule has 1 heterocycles. The smallest absolute Gasteiger partial charge is 0.360 e. The van der Waals surface area contributed by atoms with Gasteiger partial charge in [-0.2, -0.15) is 0 Å². The van der Waals surface area contributed by atoms with Crippen molar-refractivity contribution in [3.63, 3.8) is 0 Å². The van der Waals surface area contributed by atoms with Crippen LogP contribution in [-0.4, -0.2) is 34.7 Å². The molecule has 0 aliphatic rings. The van der Waals surface area contributed by atoms with Gasteiger partial charge in [0.25, 0.3) is 5.69 Å². The summed E-state index contributed by atoms with van der Waals surface area (Å²) in [6.07, 6.45) is 1.31. The molecule has 0 saturated carbocycles. The fourth-order valence-corrected chi connectivity index (χ4v) is 1.78. The average molecular weight is 292 g/mol. The van der Waals surface area contributed by atoms with E-state index in [4.69, 9.17) is 10.5 Å². The number of nitrogen functional groups attached to an aromatic ring is 1. The first-order chi connectivity index (χ1) is 9.99. The van der Waals surface area contributed by atoms with Crippen LogP contribution in [0.3, 0.4) is 0 Å². The van der Waals surface area contributed by atoms with Gasteiger partial charge in [-0.3, -0.25) is 14.7 Å². The molecule has 0 atom stereocenters. The summed E-state index contributed by atoms with van der Waals surface area (Å²) >= 11 is 0. The number of ether oxygens (including phenoxy) is 2. The number of imidazole rings is 1. The molecule has 0 bridgehead atoms. The van der Waals surface area contributed by atoms with E-state index in [1.165, 1.54) is 43.3 Å². The van der Waals surface area contributed by atoms with Crippen molar-refractivity contribution in [2.45, 2.75) is 0 Å². The molecule has 110 valence electrons. The summed E-state index contributed by atoms with van der Waals surface area (Å²) in [5.41, 5.74) is 6.10. The Hall–Kier alpha value is -3.10. The highest BCUT2D eigenvalue weighted by Gasteiger charge is 2.20. The standard InChI is InChI=1S/C12H12N4O5/c1-20-9-5-7(16(18)19)3-4-8(9)15-6-14-10(11(15)13)12(17)21-2/h3-6H,13H2,1-2H3. The van der Waals surface area contributed by atoms with E-state index in [1.54, 1.807) is 0 Å². The minimum absolute atomic E-state index is 0.0436. The Morgan fingerprint density at radius 1 is 1.43 bits per heavy atom. The number of carbonyl (C=O) groups is 1. The average Bonchev–Trinajstić information content (AvgIpc) is 2.87. The lowest BCUT2D eigenvalue weighted by Gasteiger charge is -2.10. The highest BCUT2D eigenvalue weighted by Crippen LogP contribution is 2.30. The number of methoxy groups -OCH3 is 2. The van der Waals surface area contributed by atoms with Crippen molar-refractivity contribution < 1.29 is 19.2 Å². The lowest BCUT2D eigenvalue weighted by atomic mass is 10.2. The van der Waals surface area contributed by atoms with Crippen LogP contribution in [0.25, 0.3) is 5.69 Å². The Morgan fingerprint density at radius 2 is 2.14 bits per heavy atom. The van der Waals surface area contributed by atoms with E-state index in [0.717, 1.165) is 0 Å². The van der Waals surface area contributed by atoms with Gasteiger partial charge in [-0.05, 0) is 6.07 Å². The third-order valence-electron chi connectivity index (χ3n) is 2.82. The van der Waals surface area contributed by atoms with Crippen LogP contribution >= 0.6 is 0 Å². The van der Waals surface area contributed by atoms with Gasteiger partial charge >= 0.3 is 5.97 Å². The number of benzene rings is 1. The zero-order valence-corrected chi connectivity index (χ0v) is 11.3. The molecule has 21 heavy (non-hydrogen) atoms. The Labute approximate surface area is 119 Å². The number of aromatic nitrogens is 2. The normalized spacial score (nSPS) is 10.2. The summed E-state index contributed by atoms with van der Waals surface area (Å²) in [7, 11) is 2.59. The van der Waals surface area contributed by atoms with E-state index in [1.807, 2.05) is 0 Å². The van der Waals surface area contributed by atoms with Crippen molar-refractivity contribution in [1.29, 1.82) is 0 Å². The maximum Gasteiger partial charge on any atom is 0.360 e. The fraction of sp³-hybridized carbons (Fsp3) is 0.167. The van der Waals surface area contributed by atoms with Crippen LogP contribution < -0.4 is 10.5 Å². The zero-order valence-electron chi connectivity index (χ0n) is 11.3. The van der Waals surface area contributed by atoms with Crippen LogP contribution in [0.5, 0.6) is 5.75 Å². The van der Waals surface area contributed by atoms with Gasteiger partial charge in [0, 0.05) is 6.07 Å². The highest BCUT2D eigenvalue weighted by molar-refractivity contribution is 5.92.